The van der Waals surface area contributed by atoms with Gasteiger partial charge in [-0.1, -0.05) is 72.5 Å². The third kappa shape index (κ3) is 5.21. The monoisotopic (exact) mass is 602 g/mol. The Morgan fingerprint density at radius 3 is 2.53 bits per heavy atom. The summed E-state index contributed by atoms with van der Waals surface area (Å²) in [6.45, 7) is 2.36. The van der Waals surface area contributed by atoms with E-state index < -0.39 is 6.10 Å². The zero-order chi connectivity index (χ0) is 30.5. The zero-order valence-corrected chi connectivity index (χ0v) is 26.2. The zero-order valence-electron chi connectivity index (χ0n) is 26.2. The van der Waals surface area contributed by atoms with Crippen molar-refractivity contribution >= 4 is 0 Å². The van der Waals surface area contributed by atoms with Gasteiger partial charge in [-0.15, -0.1) is 0 Å². The van der Waals surface area contributed by atoms with Crippen LogP contribution >= 0.6 is 0 Å². The van der Waals surface area contributed by atoms with Crippen LogP contribution in [0.15, 0.2) is 90.8 Å². The first-order chi connectivity index (χ1) is 22.0. The van der Waals surface area contributed by atoms with Gasteiger partial charge in [0, 0.05) is 16.7 Å². The number of allylic oxidation sites excluding steroid dienone is 4. The highest BCUT2D eigenvalue weighted by molar-refractivity contribution is 5.70. The maximum absolute atomic E-state index is 14.9. The molecule has 2 aromatic heterocycles. The molecule has 2 aliphatic heterocycles. The molecule has 6 heteroatoms. The number of aliphatic hydroxyl groups excluding tert-OH is 1. The van der Waals surface area contributed by atoms with E-state index in [1.807, 2.05) is 23.2 Å². The van der Waals surface area contributed by atoms with E-state index in [2.05, 4.69) is 57.9 Å². The largest absolute Gasteiger partial charge is 0.393 e. The molecule has 8 rings (SSSR count). The molecule has 5 nitrogen and oxygen atoms in total. The van der Waals surface area contributed by atoms with Crippen molar-refractivity contribution in [3.63, 3.8) is 0 Å². The van der Waals surface area contributed by atoms with E-state index in [4.69, 9.17) is 0 Å². The Bertz CT molecular complexity index is 1750. The van der Waals surface area contributed by atoms with Crippen LogP contribution in [0, 0.1) is 23.6 Å². The molecule has 2 aliphatic carbocycles. The summed E-state index contributed by atoms with van der Waals surface area (Å²) >= 11 is 0. The van der Waals surface area contributed by atoms with Crippen LogP contribution in [0.5, 0.6) is 0 Å². The maximum Gasteiger partial charge on any atom is 0.129 e. The molecule has 0 bridgehead atoms. The molecular weight excluding hydrogens is 559 g/mol. The van der Waals surface area contributed by atoms with Gasteiger partial charge in [-0.05, 0) is 87.7 Å². The third-order valence-electron chi connectivity index (χ3n) is 11.4. The molecule has 232 valence electrons. The highest BCUT2D eigenvalue weighted by atomic mass is 19.1. The average molecular weight is 603 g/mol. The molecule has 45 heavy (non-hydrogen) atoms. The fraction of sp³-hybridized carbons (Fsp3) is 0.436. The van der Waals surface area contributed by atoms with E-state index in [0.717, 1.165) is 42.9 Å². The molecule has 4 heterocycles. The van der Waals surface area contributed by atoms with Gasteiger partial charge < -0.3 is 14.2 Å². The summed E-state index contributed by atoms with van der Waals surface area (Å²) in [4.78, 5) is 8.74. The molecule has 1 N–H and O–H groups in total. The summed E-state index contributed by atoms with van der Waals surface area (Å²) in [6, 6.07) is 14.1. The summed E-state index contributed by atoms with van der Waals surface area (Å²) < 4.78 is 19.3. The van der Waals surface area contributed by atoms with Crippen LogP contribution in [0.25, 0.3) is 22.5 Å². The minimum atomic E-state index is -0.450. The van der Waals surface area contributed by atoms with E-state index in [0.29, 0.717) is 17.9 Å². The second-order valence-corrected chi connectivity index (χ2v) is 14.0. The Labute approximate surface area is 265 Å². The van der Waals surface area contributed by atoms with Crippen molar-refractivity contribution < 1.29 is 9.50 Å². The highest BCUT2D eigenvalue weighted by Gasteiger charge is 2.35. The number of rotatable bonds is 7. The van der Waals surface area contributed by atoms with Gasteiger partial charge in [-0.25, -0.2) is 14.4 Å². The minimum absolute atomic E-state index is 0.186. The molecule has 0 spiro atoms. The number of imidazole rings is 2. The Balaban J connectivity index is 0.872. The SMILES string of the molecule is CC(CC1CCCC(C=CC2c3ccccc3-c3cncn32)C1)=C1CCC(C(O)CC2c3c(F)cccc3-c3cncn32)CC1. The average Bonchev–Trinajstić information content (AvgIpc) is 3.84. The van der Waals surface area contributed by atoms with Crippen molar-refractivity contribution in [3.8, 4) is 22.5 Å². The molecule has 0 saturated heterocycles. The number of hydrogen-bond donors (Lipinski definition) is 1. The van der Waals surface area contributed by atoms with Gasteiger partial charge in [0.05, 0.1) is 54.6 Å². The molecule has 2 saturated carbocycles. The molecule has 5 unspecified atom stereocenters. The van der Waals surface area contributed by atoms with E-state index in [1.54, 1.807) is 29.7 Å². The highest BCUT2D eigenvalue weighted by Crippen LogP contribution is 2.45. The maximum atomic E-state index is 14.9. The lowest BCUT2D eigenvalue weighted by molar-refractivity contribution is 0.0741. The topological polar surface area (TPSA) is 55.9 Å². The van der Waals surface area contributed by atoms with Gasteiger partial charge in [0.25, 0.3) is 0 Å². The van der Waals surface area contributed by atoms with Gasteiger partial charge in [-0.2, -0.15) is 0 Å². The first-order valence-electron chi connectivity index (χ1n) is 17.0. The van der Waals surface area contributed by atoms with Gasteiger partial charge >= 0.3 is 0 Å². The van der Waals surface area contributed by atoms with Crippen molar-refractivity contribution in [2.45, 2.75) is 89.3 Å². The number of aliphatic hydroxyl groups is 1. The number of hydrogen-bond acceptors (Lipinski definition) is 3. The quantitative estimate of drug-likeness (QED) is 0.215. The molecule has 4 aliphatic rings. The van der Waals surface area contributed by atoms with Crippen LogP contribution in [-0.2, 0) is 0 Å². The van der Waals surface area contributed by atoms with Crippen LogP contribution in [0.1, 0.15) is 94.3 Å². The summed E-state index contributed by atoms with van der Waals surface area (Å²) in [6.07, 6.45) is 23.1. The van der Waals surface area contributed by atoms with E-state index >= 15 is 0 Å². The second kappa shape index (κ2) is 11.9. The molecule has 0 amide bonds. The Morgan fingerprint density at radius 1 is 0.933 bits per heavy atom. The second-order valence-electron chi connectivity index (χ2n) is 14.0. The molecule has 4 aromatic rings. The molecule has 2 aromatic carbocycles. The lowest BCUT2D eigenvalue weighted by atomic mass is 9.75. The van der Waals surface area contributed by atoms with Gasteiger partial charge in [0.15, 0.2) is 0 Å². The summed E-state index contributed by atoms with van der Waals surface area (Å²) in [5.74, 6) is 1.44. The first kappa shape index (κ1) is 28.7. The smallest absolute Gasteiger partial charge is 0.129 e. The van der Waals surface area contributed by atoms with E-state index in [1.165, 1.54) is 55.0 Å². The predicted molar refractivity (Wildman–Crippen MR) is 176 cm³/mol. The number of aromatic nitrogens is 4. The number of halogens is 1. The lowest BCUT2D eigenvalue weighted by Crippen LogP contribution is -2.27. The summed E-state index contributed by atoms with van der Waals surface area (Å²) in [5, 5.41) is 11.4. The molecule has 0 radical (unpaired) electrons. The Morgan fingerprint density at radius 2 is 1.69 bits per heavy atom. The molecular formula is C39H43FN4O. The standard InChI is InChI=1S/C39H43FN4O/c1-25(18-27-7-4-6-26(19-27)12-17-34-30-8-2-3-9-31(30)36-21-41-23-43(34)36)28-13-15-29(16-14-28)38(45)20-35-39-32(10-5-11-33(39)40)37-22-42-24-44(35)37/h2-3,5,8-12,17,21-24,26-27,29,34-35,38,45H,4,6-7,13-16,18-20H2,1H3. The fourth-order valence-corrected chi connectivity index (χ4v) is 9.05. The van der Waals surface area contributed by atoms with Crippen LogP contribution < -0.4 is 0 Å². The first-order valence-corrected chi connectivity index (χ1v) is 17.0. The van der Waals surface area contributed by atoms with Crippen molar-refractivity contribution in [1.82, 2.24) is 19.1 Å². The fourth-order valence-electron chi connectivity index (χ4n) is 9.05. The van der Waals surface area contributed by atoms with Gasteiger partial charge in [0.1, 0.15) is 5.82 Å². The minimum Gasteiger partial charge on any atom is -0.393 e. The van der Waals surface area contributed by atoms with Crippen LogP contribution in [-0.4, -0.2) is 30.3 Å². The molecule has 5 atom stereocenters. The Hall–Kier alpha value is -3.77. The predicted octanol–water partition coefficient (Wildman–Crippen LogP) is 9.07. The van der Waals surface area contributed by atoms with Gasteiger partial charge in [-0.3, -0.25) is 0 Å². The van der Waals surface area contributed by atoms with Crippen LogP contribution in [0.4, 0.5) is 4.39 Å². The van der Waals surface area contributed by atoms with Gasteiger partial charge in [0.2, 0.25) is 0 Å². The summed E-state index contributed by atoms with van der Waals surface area (Å²) in [5.41, 5.74) is 9.67. The number of nitrogens with zero attached hydrogens (tertiary/aromatic N) is 4. The van der Waals surface area contributed by atoms with Crippen molar-refractivity contribution in [2.24, 2.45) is 17.8 Å². The number of benzene rings is 2. The van der Waals surface area contributed by atoms with Crippen LogP contribution in [0.2, 0.25) is 0 Å². The van der Waals surface area contributed by atoms with Crippen molar-refractivity contribution in [2.75, 3.05) is 0 Å². The van der Waals surface area contributed by atoms with Crippen LogP contribution in [0.3, 0.4) is 0 Å². The van der Waals surface area contributed by atoms with E-state index in [-0.39, 0.29) is 23.8 Å². The van der Waals surface area contributed by atoms with E-state index in [9.17, 15) is 9.50 Å². The number of fused-ring (bicyclic) bond motifs is 6. The third-order valence-corrected chi connectivity index (χ3v) is 11.4. The Kier molecular flexibility index (Phi) is 7.57. The van der Waals surface area contributed by atoms with Crippen molar-refractivity contribution in [1.29, 1.82) is 0 Å². The molecule has 2 fully saturated rings. The lowest BCUT2D eigenvalue weighted by Gasteiger charge is -2.32. The van der Waals surface area contributed by atoms with Crippen molar-refractivity contribution in [3.05, 3.63) is 108 Å². The summed E-state index contributed by atoms with van der Waals surface area (Å²) in [7, 11) is 0. The normalized spacial score (nSPS) is 26.0.